The molecule has 1 N–H and O–H groups in total. The molecule has 0 aliphatic heterocycles. The van der Waals surface area contributed by atoms with Crippen LogP contribution < -0.4 is 10.2 Å². The number of halogens is 2. The number of amides is 1. The number of carbonyl (C=O) groups is 1. The summed E-state index contributed by atoms with van der Waals surface area (Å²) in [6.45, 7) is 0.446. The van der Waals surface area contributed by atoms with Gasteiger partial charge in [0.15, 0.2) is 0 Å². The first-order chi connectivity index (χ1) is 15.1. The second-order valence-electron chi connectivity index (χ2n) is 6.82. The van der Waals surface area contributed by atoms with Crippen molar-refractivity contribution in [1.82, 2.24) is 5.43 Å². The number of hydrazone groups is 1. The zero-order valence-electron chi connectivity index (χ0n) is 16.4. The number of fused-ring (bicyclic) bond motifs is 1. The fourth-order valence-corrected chi connectivity index (χ4v) is 3.63. The molecule has 0 aliphatic carbocycles. The van der Waals surface area contributed by atoms with Crippen molar-refractivity contribution in [3.8, 4) is 5.75 Å². The van der Waals surface area contributed by atoms with Crippen LogP contribution in [0.3, 0.4) is 0 Å². The molecule has 0 fully saturated rings. The van der Waals surface area contributed by atoms with Gasteiger partial charge in [-0.15, -0.1) is 0 Å². The third kappa shape index (κ3) is 5.16. The molecular formula is C25H18BrFN2O2. The minimum absolute atomic E-state index is 0.330. The van der Waals surface area contributed by atoms with Crippen molar-refractivity contribution in [2.24, 2.45) is 5.10 Å². The van der Waals surface area contributed by atoms with Gasteiger partial charge in [0.05, 0.1) is 10.7 Å². The van der Waals surface area contributed by atoms with E-state index >= 15 is 0 Å². The Labute approximate surface area is 187 Å². The standard InChI is InChI=1S/C25H18BrFN2O2/c26-23-14-17(15-28-29-25(30)19-9-11-21(27)12-10-19)8-13-24(23)31-16-20-6-3-5-18-4-1-2-7-22(18)20/h1-15H,16H2,(H,29,30)/b28-15+. The molecule has 0 unspecified atom stereocenters. The Morgan fingerprint density at radius 3 is 2.58 bits per heavy atom. The molecule has 4 nitrogen and oxygen atoms in total. The minimum atomic E-state index is -0.412. The maximum atomic E-state index is 12.9. The molecule has 0 heterocycles. The van der Waals surface area contributed by atoms with Gasteiger partial charge in [0, 0.05) is 5.56 Å². The third-order valence-electron chi connectivity index (χ3n) is 4.71. The molecule has 31 heavy (non-hydrogen) atoms. The van der Waals surface area contributed by atoms with Gasteiger partial charge >= 0.3 is 0 Å². The summed E-state index contributed by atoms with van der Waals surface area (Å²) in [4.78, 5) is 12.0. The van der Waals surface area contributed by atoms with Crippen molar-refractivity contribution >= 4 is 38.8 Å². The Morgan fingerprint density at radius 1 is 1.00 bits per heavy atom. The SMILES string of the molecule is O=C(N/N=C/c1ccc(OCc2cccc3ccccc23)c(Br)c1)c1ccc(F)cc1. The number of hydrogen-bond donors (Lipinski definition) is 1. The summed E-state index contributed by atoms with van der Waals surface area (Å²) >= 11 is 3.53. The Kier molecular flexibility index (Phi) is 6.38. The molecule has 0 atom stereocenters. The fraction of sp³-hybridized carbons (Fsp3) is 0.0400. The first kappa shape index (κ1) is 20.8. The van der Waals surface area contributed by atoms with E-state index in [1.165, 1.54) is 41.3 Å². The lowest BCUT2D eigenvalue weighted by Gasteiger charge is -2.11. The van der Waals surface area contributed by atoms with Gasteiger partial charge in [0.25, 0.3) is 5.91 Å². The lowest BCUT2D eigenvalue weighted by Crippen LogP contribution is -2.17. The van der Waals surface area contributed by atoms with Crippen LogP contribution in [0.1, 0.15) is 21.5 Å². The monoisotopic (exact) mass is 476 g/mol. The van der Waals surface area contributed by atoms with E-state index in [2.05, 4.69) is 50.7 Å². The second kappa shape index (κ2) is 9.53. The predicted molar refractivity (Wildman–Crippen MR) is 124 cm³/mol. The summed E-state index contributed by atoms with van der Waals surface area (Å²) in [6, 6.07) is 25.2. The van der Waals surface area contributed by atoms with Gasteiger partial charge in [0.2, 0.25) is 0 Å². The summed E-state index contributed by atoms with van der Waals surface area (Å²) in [5.41, 5.74) is 4.65. The predicted octanol–water partition coefficient (Wildman–Crippen LogP) is 6.08. The molecule has 0 aliphatic rings. The van der Waals surface area contributed by atoms with Gasteiger partial charge in [-0.2, -0.15) is 5.10 Å². The minimum Gasteiger partial charge on any atom is -0.488 e. The summed E-state index contributed by atoms with van der Waals surface area (Å²) in [7, 11) is 0. The van der Waals surface area contributed by atoms with Gasteiger partial charge in [-0.1, -0.05) is 42.5 Å². The summed E-state index contributed by atoms with van der Waals surface area (Å²) in [6.07, 6.45) is 1.53. The van der Waals surface area contributed by atoms with Crippen molar-refractivity contribution in [3.05, 3.63) is 112 Å². The molecule has 0 saturated carbocycles. The van der Waals surface area contributed by atoms with Crippen molar-refractivity contribution in [1.29, 1.82) is 0 Å². The van der Waals surface area contributed by atoms with Crippen LogP contribution >= 0.6 is 15.9 Å². The van der Waals surface area contributed by atoms with Crippen molar-refractivity contribution in [3.63, 3.8) is 0 Å². The Bertz CT molecular complexity index is 1250. The van der Waals surface area contributed by atoms with Crippen molar-refractivity contribution in [2.75, 3.05) is 0 Å². The molecular weight excluding hydrogens is 459 g/mol. The smallest absolute Gasteiger partial charge is 0.271 e. The first-order valence-electron chi connectivity index (χ1n) is 9.58. The van der Waals surface area contributed by atoms with E-state index in [-0.39, 0.29) is 0 Å². The second-order valence-corrected chi connectivity index (χ2v) is 7.68. The Balaban J connectivity index is 1.39. The van der Waals surface area contributed by atoms with E-state index in [0.29, 0.717) is 17.9 Å². The zero-order valence-corrected chi connectivity index (χ0v) is 18.0. The molecule has 1 amide bonds. The highest BCUT2D eigenvalue weighted by Gasteiger charge is 2.06. The molecule has 0 radical (unpaired) electrons. The molecule has 0 bridgehead atoms. The molecule has 4 rings (SSSR count). The highest BCUT2D eigenvalue weighted by atomic mass is 79.9. The topological polar surface area (TPSA) is 50.7 Å². The average molecular weight is 477 g/mol. The average Bonchev–Trinajstić information content (AvgIpc) is 2.79. The Hall–Kier alpha value is -3.51. The molecule has 0 saturated heterocycles. The summed E-state index contributed by atoms with van der Waals surface area (Å²) < 4.78 is 19.7. The van der Waals surface area contributed by atoms with Gasteiger partial charge < -0.3 is 4.74 Å². The maximum absolute atomic E-state index is 12.9. The quantitative estimate of drug-likeness (QED) is 0.270. The normalized spacial score (nSPS) is 11.0. The number of nitrogens with zero attached hydrogens (tertiary/aromatic N) is 1. The highest BCUT2D eigenvalue weighted by Crippen LogP contribution is 2.27. The third-order valence-corrected chi connectivity index (χ3v) is 5.32. The van der Waals surface area contributed by atoms with E-state index in [4.69, 9.17) is 4.74 Å². The fourth-order valence-electron chi connectivity index (χ4n) is 3.12. The van der Waals surface area contributed by atoms with Crippen LogP contribution in [0.15, 0.2) is 94.5 Å². The van der Waals surface area contributed by atoms with E-state index in [1.54, 1.807) is 0 Å². The van der Waals surface area contributed by atoms with Gasteiger partial charge in [-0.3, -0.25) is 4.79 Å². The van der Waals surface area contributed by atoms with Crippen LogP contribution in [0.5, 0.6) is 5.75 Å². The van der Waals surface area contributed by atoms with Gasteiger partial charge in [-0.05, 0) is 80.3 Å². The number of benzene rings is 4. The molecule has 0 spiro atoms. The van der Waals surface area contributed by atoms with Crippen molar-refractivity contribution < 1.29 is 13.9 Å². The van der Waals surface area contributed by atoms with Crippen LogP contribution in [-0.2, 0) is 6.61 Å². The van der Waals surface area contributed by atoms with Crippen LogP contribution in [0, 0.1) is 5.82 Å². The van der Waals surface area contributed by atoms with Crippen LogP contribution in [0.4, 0.5) is 4.39 Å². The summed E-state index contributed by atoms with van der Waals surface area (Å²) in [5.74, 6) is -0.0987. The first-order valence-corrected chi connectivity index (χ1v) is 10.4. The van der Waals surface area contributed by atoms with Gasteiger partial charge in [-0.25, -0.2) is 9.82 Å². The largest absolute Gasteiger partial charge is 0.488 e. The number of carbonyl (C=O) groups excluding carboxylic acids is 1. The van der Waals surface area contributed by atoms with Crippen LogP contribution in [-0.4, -0.2) is 12.1 Å². The van der Waals surface area contributed by atoms with E-state index < -0.39 is 11.7 Å². The molecule has 4 aromatic rings. The van der Waals surface area contributed by atoms with E-state index in [9.17, 15) is 9.18 Å². The van der Waals surface area contributed by atoms with E-state index in [0.717, 1.165) is 15.6 Å². The highest BCUT2D eigenvalue weighted by molar-refractivity contribution is 9.10. The molecule has 6 heteroatoms. The zero-order chi connectivity index (χ0) is 21.6. The van der Waals surface area contributed by atoms with E-state index in [1.807, 2.05) is 36.4 Å². The van der Waals surface area contributed by atoms with Crippen LogP contribution in [0.25, 0.3) is 10.8 Å². The number of hydrogen-bond acceptors (Lipinski definition) is 3. The lowest BCUT2D eigenvalue weighted by atomic mass is 10.1. The Morgan fingerprint density at radius 2 is 1.77 bits per heavy atom. The number of rotatable bonds is 6. The summed E-state index contributed by atoms with van der Waals surface area (Å²) in [5, 5.41) is 6.30. The maximum Gasteiger partial charge on any atom is 0.271 e. The molecule has 0 aromatic heterocycles. The number of ether oxygens (including phenoxy) is 1. The molecule has 4 aromatic carbocycles. The van der Waals surface area contributed by atoms with Crippen LogP contribution in [0.2, 0.25) is 0 Å². The number of nitrogens with one attached hydrogen (secondary N) is 1. The van der Waals surface area contributed by atoms with Gasteiger partial charge in [0.1, 0.15) is 18.2 Å². The molecule has 154 valence electrons. The lowest BCUT2D eigenvalue weighted by molar-refractivity contribution is 0.0955. The van der Waals surface area contributed by atoms with Crippen molar-refractivity contribution in [2.45, 2.75) is 6.61 Å².